The molecule has 0 N–H and O–H groups in total. The third-order valence-electron chi connectivity index (χ3n) is 6.08. The molecule has 0 spiro atoms. The Morgan fingerprint density at radius 1 is 1.30 bits per heavy atom. The molecule has 0 radical (unpaired) electrons. The molecule has 1 amide bonds. The summed E-state index contributed by atoms with van der Waals surface area (Å²) >= 11 is 0. The van der Waals surface area contributed by atoms with Gasteiger partial charge in [0.05, 0.1) is 12.6 Å². The fourth-order valence-corrected chi connectivity index (χ4v) is 4.77. The zero-order chi connectivity index (χ0) is 21.6. The molecule has 7 heteroatoms. The van der Waals surface area contributed by atoms with Crippen molar-refractivity contribution in [2.45, 2.75) is 77.7 Å². The Kier molecular flexibility index (Phi) is 5.60. The highest BCUT2D eigenvalue weighted by Crippen LogP contribution is 2.47. The molecule has 7 nitrogen and oxygen atoms in total. The Morgan fingerprint density at radius 3 is 2.63 bits per heavy atom. The number of carbonyl (C=O) groups excluding carboxylic acids is 1. The maximum absolute atomic E-state index is 12.7. The van der Waals surface area contributed by atoms with Gasteiger partial charge in [0.15, 0.2) is 0 Å². The zero-order valence-electron chi connectivity index (χ0n) is 19.1. The average molecular weight is 418 g/mol. The lowest BCUT2D eigenvalue weighted by Crippen LogP contribution is -2.58. The Balaban J connectivity index is 1.60. The molecule has 1 aromatic rings. The highest BCUT2D eigenvalue weighted by molar-refractivity contribution is 5.70. The minimum Gasteiger partial charge on any atom is -0.492 e. The Labute approximate surface area is 179 Å². The number of carbonyl (C=O) groups is 1. The number of aromatic nitrogens is 1. The molecule has 0 bridgehead atoms. The van der Waals surface area contributed by atoms with Crippen molar-refractivity contribution in [3.05, 3.63) is 17.3 Å². The molecular weight excluding hydrogens is 382 g/mol. The highest BCUT2D eigenvalue weighted by atomic mass is 16.6. The van der Waals surface area contributed by atoms with E-state index in [0.29, 0.717) is 25.6 Å². The number of fused-ring (bicyclic) bond motifs is 3. The molecule has 2 aliphatic heterocycles. The van der Waals surface area contributed by atoms with Crippen LogP contribution in [0.2, 0.25) is 0 Å². The first kappa shape index (κ1) is 21.2. The van der Waals surface area contributed by atoms with E-state index < -0.39 is 5.60 Å². The van der Waals surface area contributed by atoms with Crippen LogP contribution in [0.15, 0.2) is 6.07 Å². The van der Waals surface area contributed by atoms with Crippen LogP contribution in [0.4, 0.5) is 10.6 Å². The van der Waals surface area contributed by atoms with Crippen molar-refractivity contribution in [1.29, 1.82) is 0 Å². The van der Waals surface area contributed by atoms with Crippen LogP contribution in [-0.2, 0) is 15.9 Å². The van der Waals surface area contributed by atoms with Gasteiger partial charge < -0.3 is 24.0 Å². The molecule has 0 aromatic carbocycles. The summed E-state index contributed by atoms with van der Waals surface area (Å²) in [6.07, 6.45) is 2.95. The van der Waals surface area contributed by atoms with Crippen molar-refractivity contribution < 1.29 is 19.0 Å². The van der Waals surface area contributed by atoms with Gasteiger partial charge in [0.25, 0.3) is 0 Å². The molecule has 4 rings (SSSR count). The lowest BCUT2D eigenvalue weighted by molar-refractivity contribution is 0.0191. The maximum atomic E-state index is 12.7. The van der Waals surface area contributed by atoms with E-state index in [2.05, 4.69) is 17.9 Å². The zero-order valence-corrected chi connectivity index (χ0v) is 19.1. The van der Waals surface area contributed by atoms with Gasteiger partial charge in [-0.15, -0.1) is 0 Å². The molecule has 3 aliphatic rings. The number of amides is 1. The van der Waals surface area contributed by atoms with Crippen molar-refractivity contribution in [2.24, 2.45) is 5.92 Å². The molecule has 2 fully saturated rings. The maximum Gasteiger partial charge on any atom is 0.410 e. The van der Waals surface area contributed by atoms with Crippen molar-refractivity contribution in [3.8, 4) is 5.75 Å². The third-order valence-corrected chi connectivity index (χ3v) is 6.08. The summed E-state index contributed by atoms with van der Waals surface area (Å²) in [6.45, 7) is 11.8. The van der Waals surface area contributed by atoms with E-state index in [1.54, 1.807) is 7.11 Å². The minimum atomic E-state index is -0.489. The number of rotatable bonds is 5. The summed E-state index contributed by atoms with van der Waals surface area (Å²) in [7, 11) is 1.76. The van der Waals surface area contributed by atoms with E-state index in [1.165, 1.54) is 18.4 Å². The van der Waals surface area contributed by atoms with E-state index in [4.69, 9.17) is 19.2 Å². The second-order valence-electron chi connectivity index (χ2n) is 9.78. The number of nitrogens with zero attached hydrogens (tertiary/aromatic N) is 3. The van der Waals surface area contributed by atoms with Gasteiger partial charge in [0.2, 0.25) is 0 Å². The lowest BCUT2D eigenvalue weighted by atomic mass is 10.1. The molecule has 166 valence electrons. The van der Waals surface area contributed by atoms with Crippen LogP contribution in [0, 0.1) is 5.92 Å². The molecule has 1 saturated heterocycles. The SMILES string of the molecule is CCOc1cc2c(nc1C(OC)C1CC1)N1[C@H](C2)CN(C(=O)OC(C)(C)C)C[C@H]1C. The van der Waals surface area contributed by atoms with Crippen molar-refractivity contribution in [2.75, 3.05) is 31.7 Å². The highest BCUT2D eigenvalue weighted by Gasteiger charge is 2.43. The van der Waals surface area contributed by atoms with Gasteiger partial charge in [-0.2, -0.15) is 0 Å². The largest absolute Gasteiger partial charge is 0.492 e. The number of pyridine rings is 1. The summed E-state index contributed by atoms with van der Waals surface area (Å²) in [6, 6.07) is 2.52. The van der Waals surface area contributed by atoms with E-state index in [9.17, 15) is 4.79 Å². The number of hydrogen-bond donors (Lipinski definition) is 0. The first-order valence-electron chi connectivity index (χ1n) is 11.2. The van der Waals surface area contributed by atoms with Gasteiger partial charge in [0, 0.05) is 31.8 Å². The van der Waals surface area contributed by atoms with Crippen LogP contribution in [0.5, 0.6) is 5.75 Å². The van der Waals surface area contributed by atoms with Crippen LogP contribution >= 0.6 is 0 Å². The standard InChI is InChI=1S/C23H35N3O4/c1-7-29-18-11-16-10-17-13-25(22(27)30-23(3,4)5)12-14(2)26(17)21(16)24-19(18)20(28-6)15-8-9-15/h11,14-15,17,20H,7-10,12-13H2,1-6H3/t14-,17-,20?/m1/s1. The number of ether oxygens (including phenoxy) is 3. The molecule has 3 heterocycles. The van der Waals surface area contributed by atoms with E-state index in [1.807, 2.05) is 32.6 Å². The first-order valence-corrected chi connectivity index (χ1v) is 11.2. The second-order valence-corrected chi connectivity index (χ2v) is 9.78. The number of methoxy groups -OCH3 is 1. The first-order chi connectivity index (χ1) is 14.2. The van der Waals surface area contributed by atoms with E-state index in [0.717, 1.165) is 23.7 Å². The van der Waals surface area contributed by atoms with Gasteiger partial charge in [0.1, 0.15) is 29.0 Å². The fraction of sp³-hybridized carbons (Fsp3) is 0.739. The average Bonchev–Trinajstić information content (AvgIpc) is 3.41. The summed E-state index contributed by atoms with van der Waals surface area (Å²) < 4.78 is 17.4. The van der Waals surface area contributed by atoms with Gasteiger partial charge >= 0.3 is 6.09 Å². The number of hydrogen-bond acceptors (Lipinski definition) is 6. The topological polar surface area (TPSA) is 64.1 Å². The molecule has 1 aromatic heterocycles. The van der Waals surface area contributed by atoms with Gasteiger partial charge in [-0.25, -0.2) is 9.78 Å². The second kappa shape index (κ2) is 7.91. The van der Waals surface area contributed by atoms with Crippen molar-refractivity contribution in [3.63, 3.8) is 0 Å². The van der Waals surface area contributed by atoms with E-state index in [-0.39, 0.29) is 24.3 Å². The summed E-state index contributed by atoms with van der Waals surface area (Å²) in [5.74, 6) is 2.39. The monoisotopic (exact) mass is 417 g/mol. The van der Waals surface area contributed by atoms with Gasteiger partial charge in [-0.05, 0) is 65.9 Å². The molecule has 1 saturated carbocycles. The van der Waals surface area contributed by atoms with Crippen molar-refractivity contribution >= 4 is 11.9 Å². The quantitative estimate of drug-likeness (QED) is 0.723. The molecule has 30 heavy (non-hydrogen) atoms. The smallest absolute Gasteiger partial charge is 0.410 e. The van der Waals surface area contributed by atoms with Gasteiger partial charge in [-0.3, -0.25) is 0 Å². The molecular formula is C23H35N3O4. The van der Waals surface area contributed by atoms with Crippen LogP contribution in [-0.4, -0.2) is 60.5 Å². The van der Waals surface area contributed by atoms with Crippen LogP contribution in [0.1, 0.15) is 64.8 Å². The predicted molar refractivity (Wildman–Crippen MR) is 115 cm³/mol. The van der Waals surface area contributed by atoms with E-state index >= 15 is 0 Å². The lowest BCUT2D eigenvalue weighted by Gasteiger charge is -2.43. The van der Waals surface area contributed by atoms with Crippen molar-refractivity contribution in [1.82, 2.24) is 9.88 Å². The van der Waals surface area contributed by atoms with Crippen LogP contribution < -0.4 is 9.64 Å². The fourth-order valence-electron chi connectivity index (χ4n) is 4.77. The van der Waals surface area contributed by atoms with Crippen LogP contribution in [0.3, 0.4) is 0 Å². The number of piperazine rings is 1. The summed E-state index contributed by atoms with van der Waals surface area (Å²) in [5.41, 5.74) is 1.62. The predicted octanol–water partition coefficient (Wildman–Crippen LogP) is 3.95. The minimum absolute atomic E-state index is 0.0192. The molecule has 1 unspecified atom stereocenters. The van der Waals surface area contributed by atoms with Crippen LogP contribution in [0.25, 0.3) is 0 Å². The Morgan fingerprint density at radius 2 is 2.03 bits per heavy atom. The summed E-state index contributed by atoms with van der Waals surface area (Å²) in [5, 5.41) is 0. The Hall–Kier alpha value is -2.02. The normalized spacial score (nSPS) is 24.3. The third kappa shape index (κ3) is 4.09. The molecule has 1 aliphatic carbocycles. The van der Waals surface area contributed by atoms with Gasteiger partial charge in [-0.1, -0.05) is 0 Å². The molecule has 3 atom stereocenters. The Bertz CT molecular complexity index is 802. The summed E-state index contributed by atoms with van der Waals surface area (Å²) in [4.78, 5) is 22.0. The number of anilines is 1.